The lowest BCUT2D eigenvalue weighted by atomic mass is 10.2. The van der Waals surface area contributed by atoms with Gasteiger partial charge in [-0.1, -0.05) is 0 Å². The first kappa shape index (κ1) is 17.9. The Bertz CT molecular complexity index is 666. The molecule has 1 rings (SSSR count). The van der Waals surface area contributed by atoms with Crippen LogP contribution in [-0.4, -0.2) is 48.1 Å². The second kappa shape index (κ2) is 8.35. The normalized spacial score (nSPS) is 10.6. The summed E-state index contributed by atoms with van der Waals surface area (Å²) in [4.78, 5) is 23.7. The van der Waals surface area contributed by atoms with E-state index < -0.39 is 10.8 Å². The minimum Gasteiger partial charge on any atom is -0.494 e. The number of hydrogen-bond acceptors (Lipinski definition) is 7. The maximum absolute atomic E-state index is 12.1. The number of carbonyl (C=O) groups excluding carboxylic acids is 1. The number of anilines is 1. The van der Waals surface area contributed by atoms with Crippen molar-refractivity contribution < 1.29 is 19.6 Å². The zero-order valence-electron chi connectivity index (χ0n) is 12.6. The summed E-state index contributed by atoms with van der Waals surface area (Å²) in [5, 5.41) is 31.0. The third-order valence-electron chi connectivity index (χ3n) is 2.81. The van der Waals surface area contributed by atoms with Gasteiger partial charge in [0.05, 0.1) is 30.4 Å². The van der Waals surface area contributed by atoms with Crippen LogP contribution in [0, 0.1) is 21.4 Å². The number of methoxy groups -OCH3 is 1. The Kier molecular flexibility index (Phi) is 6.51. The van der Waals surface area contributed by atoms with Crippen LogP contribution in [0.4, 0.5) is 11.4 Å². The molecule has 0 bridgehead atoms. The third kappa shape index (κ3) is 4.98. The predicted octanol–water partition coefficient (Wildman–Crippen LogP) is 0.873. The molecule has 9 heteroatoms. The number of aliphatic hydroxyl groups excluding tert-OH is 1. The number of non-ortho nitro benzene ring substituents is 1. The van der Waals surface area contributed by atoms with Crippen LogP contribution in [-0.2, 0) is 4.79 Å². The van der Waals surface area contributed by atoms with Crippen LogP contribution in [0.1, 0.15) is 0 Å². The van der Waals surface area contributed by atoms with Crippen LogP contribution in [0.3, 0.4) is 0 Å². The topological polar surface area (TPSA) is 129 Å². The van der Waals surface area contributed by atoms with E-state index in [0.29, 0.717) is 0 Å². The van der Waals surface area contributed by atoms with Gasteiger partial charge in [-0.15, -0.1) is 0 Å². The molecular formula is C14H16N4O5. The molecule has 0 aromatic heterocycles. The molecule has 2 N–H and O–H groups in total. The van der Waals surface area contributed by atoms with E-state index >= 15 is 0 Å². The predicted molar refractivity (Wildman–Crippen MR) is 81.7 cm³/mol. The largest absolute Gasteiger partial charge is 0.494 e. The van der Waals surface area contributed by atoms with E-state index in [9.17, 15) is 14.9 Å². The fourth-order valence-corrected chi connectivity index (χ4v) is 1.67. The standard InChI is InChI=1S/C14H16N4O5/c1-17(5-6-19)9-10(8-15)14(20)16-12-4-3-11(18(21)22)7-13(12)23-2/h3-4,7,9,19H,5-6H2,1-2H3,(H,16,20)/b10-9-. The van der Waals surface area contributed by atoms with Gasteiger partial charge in [0.25, 0.3) is 11.6 Å². The van der Waals surface area contributed by atoms with Crippen LogP contribution in [0.15, 0.2) is 30.0 Å². The molecule has 0 heterocycles. The second-order valence-electron chi connectivity index (χ2n) is 4.45. The van der Waals surface area contributed by atoms with E-state index in [0.717, 1.165) is 0 Å². The van der Waals surface area contributed by atoms with Crippen LogP contribution < -0.4 is 10.1 Å². The van der Waals surface area contributed by atoms with Crippen molar-refractivity contribution >= 4 is 17.3 Å². The molecule has 9 nitrogen and oxygen atoms in total. The molecule has 0 aliphatic heterocycles. The van der Waals surface area contributed by atoms with Crippen molar-refractivity contribution in [2.75, 3.05) is 32.6 Å². The summed E-state index contributed by atoms with van der Waals surface area (Å²) in [5.74, 6) is -0.585. The summed E-state index contributed by atoms with van der Waals surface area (Å²) in [7, 11) is 2.91. The SMILES string of the molecule is COc1cc([N+](=O)[O-])ccc1NC(=O)/C(C#N)=C\N(C)CCO. The fraction of sp³-hybridized carbons (Fsp3) is 0.286. The highest BCUT2D eigenvalue weighted by atomic mass is 16.6. The first-order valence-corrected chi connectivity index (χ1v) is 6.49. The van der Waals surface area contributed by atoms with Gasteiger partial charge in [0.1, 0.15) is 17.4 Å². The minimum absolute atomic E-state index is 0.105. The summed E-state index contributed by atoms with van der Waals surface area (Å²) >= 11 is 0. The molecule has 0 aliphatic carbocycles. The van der Waals surface area contributed by atoms with Gasteiger partial charge in [-0.05, 0) is 6.07 Å². The number of hydrogen-bond donors (Lipinski definition) is 2. The number of ether oxygens (including phenoxy) is 1. The molecule has 0 aliphatic rings. The number of nitro benzene ring substituents is 1. The average Bonchev–Trinajstić information content (AvgIpc) is 2.52. The van der Waals surface area contributed by atoms with Crippen molar-refractivity contribution in [2.45, 2.75) is 0 Å². The summed E-state index contributed by atoms with van der Waals surface area (Å²) in [5.41, 5.74) is -0.158. The molecular weight excluding hydrogens is 304 g/mol. The van der Waals surface area contributed by atoms with Gasteiger partial charge in [0.2, 0.25) is 0 Å². The van der Waals surface area contributed by atoms with Gasteiger partial charge in [-0.25, -0.2) is 0 Å². The summed E-state index contributed by atoms with van der Waals surface area (Å²) in [6, 6.07) is 5.46. The Labute approximate surface area is 132 Å². The first-order valence-electron chi connectivity index (χ1n) is 6.49. The first-order chi connectivity index (χ1) is 10.9. The van der Waals surface area contributed by atoms with Crippen LogP contribution in [0.25, 0.3) is 0 Å². The maximum atomic E-state index is 12.1. The molecule has 0 fully saturated rings. The Hall–Kier alpha value is -3.12. The molecule has 122 valence electrons. The van der Waals surface area contributed by atoms with Gasteiger partial charge in [0, 0.05) is 25.9 Å². The quantitative estimate of drug-likeness (QED) is 0.330. The average molecular weight is 320 g/mol. The Morgan fingerprint density at radius 1 is 1.61 bits per heavy atom. The number of nitrogens with zero attached hydrogens (tertiary/aromatic N) is 3. The van der Waals surface area contributed by atoms with Crippen molar-refractivity contribution in [1.82, 2.24) is 4.90 Å². The lowest BCUT2D eigenvalue weighted by Crippen LogP contribution is -2.20. The number of rotatable bonds is 7. The number of likely N-dealkylation sites (N-methyl/N-ethyl adjacent to an activating group) is 1. The number of nitro groups is 1. The van der Waals surface area contributed by atoms with E-state index in [2.05, 4.69) is 5.32 Å². The highest BCUT2D eigenvalue weighted by molar-refractivity contribution is 6.07. The molecule has 1 aromatic rings. The molecule has 0 unspecified atom stereocenters. The number of nitriles is 1. The lowest BCUT2D eigenvalue weighted by Gasteiger charge is -2.13. The summed E-state index contributed by atoms with van der Waals surface area (Å²) in [6.45, 7) is 0.142. The third-order valence-corrected chi connectivity index (χ3v) is 2.81. The minimum atomic E-state index is -0.690. The molecule has 0 radical (unpaired) electrons. The van der Waals surface area contributed by atoms with Gasteiger partial charge < -0.3 is 20.1 Å². The zero-order valence-corrected chi connectivity index (χ0v) is 12.6. The van der Waals surface area contributed by atoms with Crippen molar-refractivity contribution in [1.29, 1.82) is 5.26 Å². The molecule has 0 spiro atoms. The van der Waals surface area contributed by atoms with Crippen molar-refractivity contribution in [3.8, 4) is 11.8 Å². The highest BCUT2D eigenvalue weighted by Crippen LogP contribution is 2.29. The number of carbonyl (C=O) groups is 1. The van der Waals surface area contributed by atoms with E-state index in [1.165, 1.54) is 36.4 Å². The van der Waals surface area contributed by atoms with Crippen molar-refractivity contribution in [3.05, 3.63) is 40.1 Å². The van der Waals surface area contributed by atoms with Gasteiger partial charge >= 0.3 is 0 Å². The van der Waals surface area contributed by atoms with Crippen molar-refractivity contribution in [3.63, 3.8) is 0 Å². The molecule has 0 atom stereocenters. The fourth-order valence-electron chi connectivity index (χ4n) is 1.67. The smallest absolute Gasteiger partial charge is 0.273 e. The molecule has 1 amide bonds. The Balaban J connectivity index is 3.00. The molecule has 0 saturated carbocycles. The Morgan fingerprint density at radius 3 is 2.83 bits per heavy atom. The number of nitrogens with one attached hydrogen (secondary N) is 1. The lowest BCUT2D eigenvalue weighted by molar-refractivity contribution is -0.384. The molecule has 0 saturated heterocycles. The Morgan fingerprint density at radius 2 is 2.30 bits per heavy atom. The maximum Gasteiger partial charge on any atom is 0.273 e. The molecule has 1 aromatic carbocycles. The second-order valence-corrected chi connectivity index (χ2v) is 4.45. The van der Waals surface area contributed by atoms with Crippen LogP contribution in [0.2, 0.25) is 0 Å². The zero-order chi connectivity index (χ0) is 17.4. The van der Waals surface area contributed by atoms with E-state index in [4.69, 9.17) is 15.1 Å². The molecule has 23 heavy (non-hydrogen) atoms. The number of benzene rings is 1. The van der Waals surface area contributed by atoms with Gasteiger partial charge in [-0.2, -0.15) is 5.26 Å². The van der Waals surface area contributed by atoms with Gasteiger partial charge in [0.15, 0.2) is 0 Å². The number of aliphatic hydroxyl groups is 1. The van der Waals surface area contributed by atoms with Crippen molar-refractivity contribution in [2.24, 2.45) is 0 Å². The van der Waals surface area contributed by atoms with Crippen LogP contribution in [0.5, 0.6) is 5.75 Å². The van der Waals surface area contributed by atoms with E-state index in [1.54, 1.807) is 13.1 Å². The van der Waals surface area contributed by atoms with E-state index in [1.807, 2.05) is 0 Å². The summed E-state index contributed by atoms with van der Waals surface area (Å²) in [6.07, 6.45) is 1.30. The monoisotopic (exact) mass is 320 g/mol. The highest BCUT2D eigenvalue weighted by Gasteiger charge is 2.16. The van der Waals surface area contributed by atoms with E-state index in [-0.39, 0.29) is 35.8 Å². The van der Waals surface area contributed by atoms with Gasteiger partial charge in [-0.3, -0.25) is 14.9 Å². The number of amides is 1. The summed E-state index contributed by atoms with van der Waals surface area (Å²) < 4.78 is 5.01. The van der Waals surface area contributed by atoms with Crippen LogP contribution >= 0.6 is 0 Å².